The largest absolute Gasteiger partial charge is 2.00 e. The summed E-state index contributed by atoms with van der Waals surface area (Å²) in [5.41, 5.74) is 18.2. The molecule has 0 saturated heterocycles. The first-order chi connectivity index (χ1) is 30.0. The third-order valence-corrected chi connectivity index (χ3v) is 11.7. The third-order valence-electron chi connectivity index (χ3n) is 11.7. The summed E-state index contributed by atoms with van der Waals surface area (Å²) in [7, 11) is 0. The zero-order chi connectivity index (χ0) is 44.9. The van der Waals surface area contributed by atoms with Crippen LogP contribution < -0.4 is 0 Å². The van der Waals surface area contributed by atoms with Crippen LogP contribution in [-0.4, -0.2) is 10.7 Å². The van der Waals surface area contributed by atoms with Crippen LogP contribution >= 0.6 is 0 Å². The van der Waals surface area contributed by atoms with Gasteiger partial charge in [-0.25, -0.2) is 0 Å². The van der Waals surface area contributed by atoms with Crippen molar-refractivity contribution in [1.29, 1.82) is 0 Å². The molecule has 0 N–H and O–H groups in total. The minimum absolute atomic E-state index is 0. The van der Waals surface area contributed by atoms with Crippen LogP contribution in [0.3, 0.4) is 0 Å². The van der Waals surface area contributed by atoms with Gasteiger partial charge in [-0.05, 0) is 85.3 Å². The predicted octanol–water partition coefficient (Wildman–Crippen LogP) is 19.3. The van der Waals surface area contributed by atoms with E-state index in [2.05, 4.69) is 119 Å². The van der Waals surface area contributed by atoms with Crippen molar-refractivity contribution in [3.8, 4) is 11.8 Å². The number of hydrogen-bond acceptors (Lipinski definition) is 0. The molecule has 0 unspecified atom stereocenters. The maximum Gasteiger partial charge on any atom is 2.00 e. The van der Waals surface area contributed by atoms with E-state index < -0.39 is 0 Å². The first kappa shape index (κ1) is 61.5. The molecule has 0 saturated carbocycles. The molecular weight excluding hydrogens is 795 g/mol. The minimum Gasteiger partial charge on any atom is -0.348 e. The van der Waals surface area contributed by atoms with Crippen LogP contribution in [0.5, 0.6) is 0 Å². The van der Waals surface area contributed by atoms with Crippen molar-refractivity contribution in [2.24, 2.45) is 0 Å². The van der Waals surface area contributed by atoms with Gasteiger partial charge >= 0.3 is 22.4 Å². The molecule has 62 heavy (non-hydrogen) atoms. The summed E-state index contributed by atoms with van der Waals surface area (Å²) in [6, 6.07) is 17.9. The fourth-order valence-electron chi connectivity index (χ4n) is 7.81. The smallest absolute Gasteiger partial charge is 0.348 e. The van der Waals surface area contributed by atoms with Crippen LogP contribution in [0, 0.1) is 25.7 Å². The molecule has 0 fully saturated rings. The van der Waals surface area contributed by atoms with E-state index >= 15 is 0 Å². The Morgan fingerprint density at radius 1 is 0.532 bits per heavy atom. The molecule has 0 radical (unpaired) electrons. The molecule has 0 bridgehead atoms. The molecule has 2 aromatic carbocycles. The van der Waals surface area contributed by atoms with Crippen molar-refractivity contribution in [3.05, 3.63) is 101 Å². The van der Waals surface area contributed by atoms with E-state index in [4.69, 9.17) is 0 Å². The number of rotatable bonds is 34. The minimum atomic E-state index is 0. The van der Waals surface area contributed by atoms with Crippen LogP contribution in [0.25, 0.3) is 11.1 Å². The Morgan fingerprint density at radius 3 is 1.44 bits per heavy atom. The number of aryl methyl sites for hydroxylation is 2. The monoisotopic (exact) mass is 891 g/mol. The zero-order valence-electron chi connectivity index (χ0n) is 41.6. The second kappa shape index (κ2) is 47.9. The molecule has 0 aliphatic heterocycles. The SMILES string of the molecule is CC#CCCc1ccccc1C(=C(CCCC)C(=C=[N+]=[N-])CCCC)c1ccc(CCCC)cc1.[CH2-]CCCCCCCCCCCC.[CH2-]CCCCCCCCCCCC.[Ni+2]. The van der Waals surface area contributed by atoms with Crippen molar-refractivity contribution >= 4 is 11.4 Å². The van der Waals surface area contributed by atoms with E-state index in [-0.39, 0.29) is 16.5 Å². The van der Waals surface area contributed by atoms with Gasteiger partial charge in [0.15, 0.2) is 0 Å². The van der Waals surface area contributed by atoms with Crippen molar-refractivity contribution in [3.63, 3.8) is 0 Å². The molecule has 0 spiro atoms. The van der Waals surface area contributed by atoms with Gasteiger partial charge in [0, 0.05) is 6.42 Å². The predicted molar refractivity (Wildman–Crippen MR) is 274 cm³/mol. The van der Waals surface area contributed by atoms with Crippen LogP contribution in [0.15, 0.2) is 59.7 Å². The van der Waals surface area contributed by atoms with Crippen molar-refractivity contribution in [2.75, 3.05) is 0 Å². The summed E-state index contributed by atoms with van der Waals surface area (Å²) in [5.74, 6) is 9.24. The van der Waals surface area contributed by atoms with Gasteiger partial charge in [-0.15, -0.1) is 16.6 Å². The Bertz CT molecular complexity index is 1420. The van der Waals surface area contributed by atoms with Gasteiger partial charge in [0.25, 0.3) is 0 Å². The molecule has 0 atom stereocenters. The Labute approximate surface area is 397 Å². The Balaban J connectivity index is 0. The van der Waals surface area contributed by atoms with Gasteiger partial charge in [0.05, 0.1) is 5.57 Å². The van der Waals surface area contributed by atoms with E-state index in [1.165, 1.54) is 175 Å². The van der Waals surface area contributed by atoms with E-state index in [0.29, 0.717) is 0 Å². The Kier molecular flexibility index (Phi) is 47.5. The van der Waals surface area contributed by atoms with E-state index in [0.717, 1.165) is 76.2 Å². The molecule has 3 heteroatoms. The van der Waals surface area contributed by atoms with Crippen molar-refractivity contribution in [1.82, 2.24) is 0 Å². The van der Waals surface area contributed by atoms with Gasteiger partial charge in [-0.2, -0.15) is 12.8 Å². The fourth-order valence-corrected chi connectivity index (χ4v) is 7.81. The van der Waals surface area contributed by atoms with E-state index in [1.807, 2.05) is 6.92 Å². The first-order valence-electron chi connectivity index (χ1n) is 25.9. The number of unbranched alkanes of at least 4 members (excludes halogenated alkanes) is 23. The van der Waals surface area contributed by atoms with Gasteiger partial charge in [-0.1, -0.05) is 231 Å². The summed E-state index contributed by atoms with van der Waals surface area (Å²) in [5, 5.41) is 0. The Hall–Kier alpha value is -2.61. The van der Waals surface area contributed by atoms with Crippen LogP contribution in [0.4, 0.5) is 0 Å². The van der Waals surface area contributed by atoms with Gasteiger partial charge in [-0.3, -0.25) is 0 Å². The normalized spacial score (nSPS) is 10.7. The first-order valence-corrected chi connectivity index (χ1v) is 25.9. The number of nitrogens with zero attached hydrogens (tertiary/aromatic N) is 2. The summed E-state index contributed by atoms with van der Waals surface area (Å²) < 4.78 is 0. The maximum absolute atomic E-state index is 9.51. The maximum atomic E-state index is 9.51. The third kappa shape index (κ3) is 33.0. The topological polar surface area (TPSA) is 36.4 Å². The second-order valence-electron chi connectivity index (χ2n) is 17.2. The van der Waals surface area contributed by atoms with E-state index in [9.17, 15) is 5.53 Å². The second-order valence-corrected chi connectivity index (χ2v) is 17.2. The number of allylic oxidation sites excluding steroid dienone is 2. The average molecular weight is 892 g/mol. The molecule has 0 aliphatic carbocycles. The molecule has 2 rings (SSSR count). The zero-order valence-corrected chi connectivity index (χ0v) is 42.6. The molecule has 0 aromatic heterocycles. The molecule has 0 amide bonds. The standard InChI is InChI=1S/C33H42N2.2C13H27.Ni/c1-5-9-13-18-28-19-14-15-21-31(28)33(29-24-22-27(23-25-29)16-10-6-2)32(20-12-8-4)30(26-35-34)17-11-7-3;2*1-3-5-7-9-11-13-12-10-8-6-4-2;/h14-15,19,21-25H,6-8,10-13,16-18,20H2,1-4H3;2*1,3-13H2,2H3;/q;2*-1;+2. The summed E-state index contributed by atoms with van der Waals surface area (Å²) >= 11 is 0. The molecule has 2 nitrogen and oxygen atoms in total. The molecule has 352 valence electrons. The van der Waals surface area contributed by atoms with Crippen molar-refractivity contribution in [2.45, 2.75) is 253 Å². The summed E-state index contributed by atoms with van der Waals surface area (Å²) in [6.07, 6.45) is 42.2. The fraction of sp³-hybridized carbons (Fsp3) is 0.661. The van der Waals surface area contributed by atoms with Crippen LogP contribution in [-0.2, 0) is 29.3 Å². The summed E-state index contributed by atoms with van der Waals surface area (Å²) in [6.45, 7) is 20.8. The van der Waals surface area contributed by atoms with Gasteiger partial charge in [0.2, 0.25) is 0 Å². The molecule has 2 aromatic rings. The van der Waals surface area contributed by atoms with Gasteiger partial charge in [0.1, 0.15) is 0 Å². The quantitative estimate of drug-likeness (QED) is 0.00981. The molecule has 0 aliphatic rings. The molecule has 0 heterocycles. The van der Waals surface area contributed by atoms with Crippen LogP contribution in [0.1, 0.15) is 263 Å². The van der Waals surface area contributed by atoms with Crippen molar-refractivity contribution < 1.29 is 21.3 Å². The number of benzene rings is 2. The Morgan fingerprint density at radius 2 is 0.984 bits per heavy atom. The van der Waals surface area contributed by atoms with E-state index in [1.54, 1.807) is 0 Å². The average Bonchev–Trinajstić information content (AvgIpc) is 3.28. The summed E-state index contributed by atoms with van der Waals surface area (Å²) in [4.78, 5) is 3.38. The molecular formula is C59H96N2Ni. The van der Waals surface area contributed by atoms with Crippen LogP contribution in [0.2, 0.25) is 0 Å². The van der Waals surface area contributed by atoms with Gasteiger partial charge < -0.3 is 19.4 Å². The number of hydrogen-bond donors (Lipinski definition) is 0.